The van der Waals surface area contributed by atoms with Gasteiger partial charge in [-0.1, -0.05) is 25.3 Å². The molecule has 0 N–H and O–H groups in total. The van der Waals surface area contributed by atoms with E-state index >= 15 is 0 Å². The molecule has 2 rings (SSSR count). The van der Waals surface area contributed by atoms with Crippen LogP contribution in [0.5, 0.6) is 5.75 Å². The fourth-order valence-corrected chi connectivity index (χ4v) is 2.24. The molecule has 0 unspecified atom stereocenters. The van der Waals surface area contributed by atoms with Crippen LogP contribution in [0, 0.1) is 0 Å². The summed E-state index contributed by atoms with van der Waals surface area (Å²) in [6.07, 6.45) is 2.94. The van der Waals surface area contributed by atoms with Crippen LogP contribution in [0.15, 0.2) is 51.5 Å². The van der Waals surface area contributed by atoms with Crippen LogP contribution in [0.2, 0.25) is 0 Å². The Kier molecular flexibility index (Phi) is 4.15. The molecule has 2 aromatic rings. The number of hydrogen-bond acceptors (Lipinski definition) is 4. The van der Waals surface area contributed by atoms with Crippen LogP contribution in [0.1, 0.15) is 11.3 Å². The first-order valence-electron chi connectivity index (χ1n) is 5.91. The lowest BCUT2D eigenvalue weighted by Gasteiger charge is -2.10. The first-order valence-corrected chi connectivity index (χ1v) is 6.36. The average molecular weight is 286 g/mol. The van der Waals surface area contributed by atoms with Gasteiger partial charge in [-0.25, -0.2) is 0 Å². The third-order valence-corrected chi connectivity index (χ3v) is 3.35. The van der Waals surface area contributed by atoms with E-state index in [0.717, 1.165) is 0 Å². The Hall–Kier alpha value is -2.20. The van der Waals surface area contributed by atoms with Crippen molar-refractivity contribution in [1.82, 2.24) is 0 Å². The van der Waals surface area contributed by atoms with Gasteiger partial charge in [-0.05, 0) is 18.2 Å². The van der Waals surface area contributed by atoms with E-state index in [1.54, 1.807) is 13.2 Å². The minimum atomic E-state index is -0.174. The van der Waals surface area contributed by atoms with E-state index in [-0.39, 0.29) is 5.43 Å². The quantitative estimate of drug-likeness (QED) is 0.867. The van der Waals surface area contributed by atoms with E-state index < -0.39 is 0 Å². The first-order chi connectivity index (χ1) is 9.62. The molecule has 1 aromatic heterocycles. The van der Waals surface area contributed by atoms with Crippen LogP contribution in [-0.2, 0) is 0 Å². The summed E-state index contributed by atoms with van der Waals surface area (Å²) in [4.78, 5) is 12.7. The lowest BCUT2D eigenvalue weighted by molar-refractivity contribution is 0.405. The van der Waals surface area contributed by atoms with E-state index in [9.17, 15) is 4.79 Å². The van der Waals surface area contributed by atoms with Gasteiger partial charge in [0.25, 0.3) is 0 Å². The van der Waals surface area contributed by atoms with Gasteiger partial charge < -0.3 is 9.15 Å². The number of hydrogen-bond donors (Lipinski definition) is 1. The second-order valence-electron chi connectivity index (χ2n) is 4.02. The van der Waals surface area contributed by atoms with Gasteiger partial charge in [0.05, 0.1) is 17.6 Å². The minimum absolute atomic E-state index is 0.174. The van der Waals surface area contributed by atoms with Gasteiger partial charge in [-0.3, -0.25) is 4.79 Å². The zero-order valence-electron chi connectivity index (χ0n) is 11.1. The molecule has 0 aliphatic heterocycles. The molecule has 3 nitrogen and oxygen atoms in total. The van der Waals surface area contributed by atoms with Crippen molar-refractivity contribution in [2.45, 2.75) is 4.90 Å². The smallest absolute Gasteiger partial charge is 0.193 e. The van der Waals surface area contributed by atoms with Crippen molar-refractivity contribution in [3.8, 4) is 17.1 Å². The van der Waals surface area contributed by atoms with Gasteiger partial charge in [0.1, 0.15) is 17.3 Å². The summed E-state index contributed by atoms with van der Waals surface area (Å²) in [5, 5.41) is 0. The van der Waals surface area contributed by atoms with Crippen molar-refractivity contribution in [3.63, 3.8) is 0 Å². The van der Waals surface area contributed by atoms with Crippen molar-refractivity contribution < 1.29 is 9.15 Å². The predicted molar refractivity (Wildman–Crippen MR) is 84.4 cm³/mol. The number of ether oxygens (including phenoxy) is 1. The highest BCUT2D eigenvalue weighted by Crippen LogP contribution is 2.33. The largest absolute Gasteiger partial charge is 0.496 e. The lowest BCUT2D eigenvalue weighted by Crippen LogP contribution is -2.06. The summed E-state index contributed by atoms with van der Waals surface area (Å²) in [5.41, 5.74) is 0.905. The standard InChI is InChI=1S/C16H14O3S/c1-4-10-12(17)9-15(19-13(10)5-2)11-7-6-8-14(18-3)16(11)20/h4-9,20H,1-2H2,3H3. The summed E-state index contributed by atoms with van der Waals surface area (Å²) in [5.74, 6) is 1.42. The Labute approximate surface area is 122 Å². The molecule has 0 saturated heterocycles. The maximum absolute atomic E-state index is 12.1. The molecule has 0 aliphatic rings. The third kappa shape index (κ3) is 2.42. The Morgan fingerprint density at radius 3 is 2.65 bits per heavy atom. The summed E-state index contributed by atoms with van der Waals surface area (Å²) in [7, 11) is 1.56. The lowest BCUT2D eigenvalue weighted by atomic mass is 10.1. The third-order valence-electron chi connectivity index (χ3n) is 2.89. The molecule has 0 bridgehead atoms. The van der Waals surface area contributed by atoms with E-state index in [4.69, 9.17) is 9.15 Å². The number of rotatable bonds is 4. The second kappa shape index (κ2) is 5.84. The van der Waals surface area contributed by atoms with Crippen molar-refractivity contribution >= 4 is 24.8 Å². The van der Waals surface area contributed by atoms with Crippen molar-refractivity contribution in [2.24, 2.45) is 0 Å². The summed E-state index contributed by atoms with van der Waals surface area (Å²) in [6.45, 7) is 7.25. The van der Waals surface area contributed by atoms with Crippen molar-refractivity contribution in [1.29, 1.82) is 0 Å². The molecule has 102 valence electrons. The Morgan fingerprint density at radius 2 is 2.05 bits per heavy atom. The molecule has 0 fully saturated rings. The average Bonchev–Trinajstić information content (AvgIpc) is 2.46. The van der Waals surface area contributed by atoms with Gasteiger partial charge in [-0.15, -0.1) is 12.6 Å². The summed E-state index contributed by atoms with van der Waals surface area (Å²) in [6, 6.07) is 6.82. The number of thiol groups is 1. The molecule has 1 heterocycles. The zero-order valence-corrected chi connectivity index (χ0v) is 11.9. The van der Waals surface area contributed by atoms with Crippen LogP contribution >= 0.6 is 12.6 Å². The molecule has 0 radical (unpaired) electrons. The maximum atomic E-state index is 12.1. The first kappa shape index (κ1) is 14.2. The van der Waals surface area contributed by atoms with Crippen LogP contribution in [-0.4, -0.2) is 7.11 Å². The summed E-state index contributed by atoms with van der Waals surface area (Å²) < 4.78 is 10.9. The molecule has 0 aliphatic carbocycles. The molecule has 20 heavy (non-hydrogen) atoms. The van der Waals surface area contributed by atoms with Gasteiger partial charge in [0.2, 0.25) is 0 Å². The van der Waals surface area contributed by atoms with Crippen LogP contribution in [0.3, 0.4) is 0 Å². The SMILES string of the molecule is C=Cc1oc(-c2cccc(OC)c2S)cc(=O)c1C=C. The van der Waals surface area contributed by atoms with Crippen molar-refractivity contribution in [2.75, 3.05) is 7.11 Å². The monoisotopic (exact) mass is 286 g/mol. The minimum Gasteiger partial charge on any atom is -0.496 e. The molecular formula is C16H14O3S. The van der Waals surface area contributed by atoms with Gasteiger partial charge in [0.15, 0.2) is 5.43 Å². The summed E-state index contributed by atoms with van der Waals surface area (Å²) >= 11 is 4.42. The fraction of sp³-hybridized carbons (Fsp3) is 0.0625. The molecule has 0 amide bonds. The van der Waals surface area contributed by atoms with E-state index in [2.05, 4.69) is 25.8 Å². The van der Waals surface area contributed by atoms with Gasteiger partial charge >= 0.3 is 0 Å². The Bertz CT molecular complexity index is 729. The van der Waals surface area contributed by atoms with Gasteiger partial charge in [0, 0.05) is 11.6 Å². The van der Waals surface area contributed by atoms with Crippen LogP contribution in [0.4, 0.5) is 0 Å². The number of methoxy groups -OCH3 is 1. The molecular weight excluding hydrogens is 272 g/mol. The second-order valence-corrected chi connectivity index (χ2v) is 4.46. The van der Waals surface area contributed by atoms with Crippen LogP contribution in [0.25, 0.3) is 23.5 Å². The molecule has 1 aromatic carbocycles. The molecule has 0 atom stereocenters. The van der Waals surface area contributed by atoms with Crippen molar-refractivity contribution in [3.05, 3.63) is 59.0 Å². The fourth-order valence-electron chi connectivity index (χ4n) is 1.89. The number of benzene rings is 1. The van der Waals surface area contributed by atoms with Gasteiger partial charge in [-0.2, -0.15) is 0 Å². The van der Waals surface area contributed by atoms with E-state index in [1.807, 2.05) is 12.1 Å². The highest BCUT2D eigenvalue weighted by atomic mass is 32.1. The van der Waals surface area contributed by atoms with Crippen LogP contribution < -0.4 is 10.2 Å². The molecule has 0 saturated carbocycles. The van der Waals surface area contributed by atoms with E-state index in [1.165, 1.54) is 18.2 Å². The highest BCUT2D eigenvalue weighted by molar-refractivity contribution is 7.80. The Morgan fingerprint density at radius 1 is 1.30 bits per heavy atom. The maximum Gasteiger partial charge on any atom is 0.193 e. The van der Waals surface area contributed by atoms with E-state index in [0.29, 0.717) is 33.3 Å². The molecule has 4 heteroatoms. The molecule has 0 spiro atoms. The zero-order chi connectivity index (χ0) is 14.7. The highest BCUT2D eigenvalue weighted by Gasteiger charge is 2.13. The topological polar surface area (TPSA) is 39.4 Å². The normalized spacial score (nSPS) is 10.1. The Balaban J connectivity index is 2.71. The predicted octanol–water partition coefficient (Wildman–Crippen LogP) is 3.89.